The van der Waals surface area contributed by atoms with E-state index < -0.39 is 0 Å². The molecule has 3 N–H and O–H groups in total. The minimum absolute atomic E-state index is 0.567. The van der Waals surface area contributed by atoms with E-state index in [4.69, 9.17) is 5.73 Å². The zero-order chi connectivity index (χ0) is 9.26. The second-order valence-electron chi connectivity index (χ2n) is 2.36. The van der Waals surface area contributed by atoms with Crippen LogP contribution >= 0.6 is 23.3 Å². The predicted octanol–water partition coefficient (Wildman–Crippen LogP) is 1.30. The summed E-state index contributed by atoms with van der Waals surface area (Å²) in [5, 5.41) is 6.47. The zero-order valence-corrected chi connectivity index (χ0v) is 8.45. The first kappa shape index (κ1) is 8.52. The number of H-pyrrole nitrogens is 1. The van der Waals surface area contributed by atoms with Crippen LogP contribution in [0.15, 0.2) is 15.4 Å². The molecule has 0 unspecified atom stereocenters. The minimum Gasteiger partial charge on any atom is -0.383 e. The van der Waals surface area contributed by atoms with Gasteiger partial charge in [0.1, 0.15) is 11.6 Å². The number of aromatic nitrogens is 4. The second-order valence-corrected chi connectivity index (χ2v) is 4.40. The van der Waals surface area contributed by atoms with Crippen LogP contribution in [0, 0.1) is 6.92 Å². The van der Waals surface area contributed by atoms with E-state index in [9.17, 15) is 0 Å². The highest BCUT2D eigenvalue weighted by Crippen LogP contribution is 2.31. The number of nitrogens with two attached hydrogens (primary N) is 1. The minimum atomic E-state index is 0.567. The lowest BCUT2D eigenvalue weighted by Gasteiger charge is -1.91. The van der Waals surface area contributed by atoms with E-state index in [2.05, 4.69) is 19.6 Å². The third kappa shape index (κ3) is 1.81. The number of hydrogen-bond donors (Lipinski definition) is 2. The van der Waals surface area contributed by atoms with Gasteiger partial charge in [-0.15, -0.1) is 0 Å². The van der Waals surface area contributed by atoms with Crippen LogP contribution in [0.2, 0.25) is 0 Å². The van der Waals surface area contributed by atoms with Gasteiger partial charge in [0.2, 0.25) is 0 Å². The van der Waals surface area contributed by atoms with E-state index in [0.717, 1.165) is 15.1 Å². The molecule has 0 aliphatic carbocycles. The van der Waals surface area contributed by atoms with Crippen LogP contribution in [-0.4, -0.2) is 19.6 Å². The monoisotopic (exact) mass is 213 g/mol. The van der Waals surface area contributed by atoms with Crippen molar-refractivity contribution in [3.63, 3.8) is 0 Å². The van der Waals surface area contributed by atoms with Gasteiger partial charge in [-0.05, 0) is 18.5 Å². The van der Waals surface area contributed by atoms with Crippen LogP contribution in [0.25, 0.3) is 0 Å². The predicted molar refractivity (Wildman–Crippen MR) is 51.8 cm³/mol. The van der Waals surface area contributed by atoms with Crippen molar-refractivity contribution in [1.29, 1.82) is 0 Å². The molecular formula is C6H7N5S2. The van der Waals surface area contributed by atoms with Gasteiger partial charge in [-0.2, -0.15) is 9.47 Å². The Morgan fingerprint density at radius 2 is 2.46 bits per heavy atom. The fourth-order valence-electron chi connectivity index (χ4n) is 0.780. The number of aromatic amines is 1. The Labute approximate surface area is 82.9 Å². The van der Waals surface area contributed by atoms with E-state index in [1.54, 1.807) is 6.20 Å². The lowest BCUT2D eigenvalue weighted by Crippen LogP contribution is -1.85. The molecule has 2 heterocycles. The molecule has 0 fully saturated rings. The fraction of sp³-hybridized carbons (Fsp3) is 0.167. The van der Waals surface area contributed by atoms with Crippen LogP contribution in [0.1, 0.15) is 5.82 Å². The van der Waals surface area contributed by atoms with E-state index in [0.29, 0.717) is 5.82 Å². The molecule has 0 bridgehead atoms. The van der Waals surface area contributed by atoms with Gasteiger partial charge in [-0.25, -0.2) is 4.98 Å². The van der Waals surface area contributed by atoms with Crippen molar-refractivity contribution in [1.82, 2.24) is 19.6 Å². The van der Waals surface area contributed by atoms with Gasteiger partial charge >= 0.3 is 0 Å². The molecule has 0 saturated carbocycles. The van der Waals surface area contributed by atoms with Gasteiger partial charge in [0.25, 0.3) is 0 Å². The molecule has 0 aliphatic rings. The number of hydrogen-bond acceptors (Lipinski definition) is 6. The Balaban J connectivity index is 2.19. The third-order valence-corrected chi connectivity index (χ3v) is 3.23. The second kappa shape index (κ2) is 3.35. The molecule has 0 aromatic carbocycles. The SMILES string of the molecule is Cc1nsc(Sc2cn[nH]c2N)n1. The smallest absolute Gasteiger partial charge is 0.175 e. The van der Waals surface area contributed by atoms with Crippen molar-refractivity contribution in [3.8, 4) is 0 Å². The summed E-state index contributed by atoms with van der Waals surface area (Å²) in [6.45, 7) is 1.86. The lowest BCUT2D eigenvalue weighted by molar-refractivity contribution is 1.10. The topological polar surface area (TPSA) is 80.5 Å². The van der Waals surface area contributed by atoms with Crippen molar-refractivity contribution in [2.24, 2.45) is 0 Å². The summed E-state index contributed by atoms with van der Waals surface area (Å²) >= 11 is 2.83. The molecule has 7 heteroatoms. The van der Waals surface area contributed by atoms with Crippen LogP contribution in [-0.2, 0) is 0 Å². The highest BCUT2D eigenvalue weighted by atomic mass is 32.2. The molecule has 0 radical (unpaired) electrons. The summed E-state index contributed by atoms with van der Waals surface area (Å²) in [6, 6.07) is 0. The van der Waals surface area contributed by atoms with Gasteiger partial charge in [0, 0.05) is 0 Å². The van der Waals surface area contributed by atoms with E-state index >= 15 is 0 Å². The molecule has 2 rings (SSSR count). The van der Waals surface area contributed by atoms with Crippen molar-refractivity contribution < 1.29 is 0 Å². The summed E-state index contributed by atoms with van der Waals surface area (Å²) in [5.74, 6) is 1.35. The number of anilines is 1. The van der Waals surface area contributed by atoms with Gasteiger partial charge in [-0.3, -0.25) is 5.10 Å². The van der Waals surface area contributed by atoms with Crippen molar-refractivity contribution in [2.45, 2.75) is 16.2 Å². The lowest BCUT2D eigenvalue weighted by atomic mass is 10.7. The summed E-state index contributed by atoms with van der Waals surface area (Å²) in [4.78, 5) is 5.09. The summed E-state index contributed by atoms with van der Waals surface area (Å²) in [7, 11) is 0. The van der Waals surface area contributed by atoms with Gasteiger partial charge in [0.15, 0.2) is 4.34 Å². The van der Waals surface area contributed by atoms with Crippen molar-refractivity contribution >= 4 is 29.1 Å². The van der Waals surface area contributed by atoms with Crippen LogP contribution in [0.5, 0.6) is 0 Å². The number of nitrogens with one attached hydrogen (secondary N) is 1. The largest absolute Gasteiger partial charge is 0.383 e. The molecule has 0 saturated heterocycles. The Bertz CT molecular complexity index is 407. The molecule has 0 atom stereocenters. The van der Waals surface area contributed by atoms with E-state index in [1.165, 1.54) is 23.3 Å². The van der Waals surface area contributed by atoms with Gasteiger partial charge in [0.05, 0.1) is 11.1 Å². The Kier molecular flexibility index (Phi) is 2.19. The van der Waals surface area contributed by atoms with Crippen LogP contribution in [0.4, 0.5) is 5.82 Å². The molecule has 13 heavy (non-hydrogen) atoms. The Morgan fingerprint density at radius 3 is 3.00 bits per heavy atom. The normalized spacial score (nSPS) is 10.5. The standard InChI is InChI=1S/C6H7N5S2/c1-3-9-6(13-11-3)12-4-2-8-10-5(4)7/h2H,1H3,(H3,7,8,10). The highest BCUT2D eigenvalue weighted by Gasteiger charge is 2.06. The maximum absolute atomic E-state index is 5.61. The summed E-state index contributed by atoms with van der Waals surface area (Å²) < 4.78 is 4.95. The van der Waals surface area contributed by atoms with Crippen molar-refractivity contribution in [3.05, 3.63) is 12.0 Å². The first-order valence-electron chi connectivity index (χ1n) is 3.52. The van der Waals surface area contributed by atoms with E-state index in [-0.39, 0.29) is 0 Å². The molecule has 0 aliphatic heterocycles. The van der Waals surface area contributed by atoms with E-state index in [1.807, 2.05) is 6.92 Å². The average molecular weight is 213 g/mol. The van der Waals surface area contributed by atoms with Gasteiger partial charge in [-0.1, -0.05) is 11.8 Å². The maximum atomic E-state index is 5.61. The number of nitrogen functional groups attached to an aromatic ring is 1. The first-order chi connectivity index (χ1) is 6.25. The summed E-state index contributed by atoms with van der Waals surface area (Å²) in [6.07, 6.45) is 1.68. The molecular weight excluding hydrogens is 206 g/mol. The number of nitrogens with zero attached hydrogens (tertiary/aromatic N) is 3. The first-order valence-corrected chi connectivity index (χ1v) is 5.11. The fourth-order valence-corrected chi connectivity index (χ4v) is 2.36. The molecule has 0 amide bonds. The zero-order valence-electron chi connectivity index (χ0n) is 6.81. The summed E-state index contributed by atoms with van der Waals surface area (Å²) in [5.41, 5.74) is 5.61. The Hall–Kier alpha value is -1.08. The molecule has 5 nitrogen and oxygen atoms in total. The average Bonchev–Trinajstić information content (AvgIpc) is 2.64. The molecule has 2 aromatic heterocycles. The number of rotatable bonds is 2. The Morgan fingerprint density at radius 1 is 1.62 bits per heavy atom. The van der Waals surface area contributed by atoms with Crippen molar-refractivity contribution in [2.75, 3.05) is 5.73 Å². The number of aryl methyl sites for hydroxylation is 1. The highest BCUT2D eigenvalue weighted by molar-refractivity contribution is 8.01. The third-order valence-electron chi connectivity index (χ3n) is 1.34. The maximum Gasteiger partial charge on any atom is 0.175 e. The van der Waals surface area contributed by atoms with Gasteiger partial charge < -0.3 is 5.73 Å². The molecule has 0 spiro atoms. The van der Waals surface area contributed by atoms with Crippen LogP contribution in [0.3, 0.4) is 0 Å². The molecule has 2 aromatic rings. The molecule has 68 valence electrons. The van der Waals surface area contributed by atoms with Crippen LogP contribution < -0.4 is 5.73 Å². The quantitative estimate of drug-likeness (QED) is 0.786.